The maximum absolute atomic E-state index is 13.0. The summed E-state index contributed by atoms with van der Waals surface area (Å²) in [6.45, 7) is 4.90. The van der Waals surface area contributed by atoms with Gasteiger partial charge in [0, 0.05) is 30.2 Å². The molecule has 0 aliphatic heterocycles. The third-order valence-electron chi connectivity index (χ3n) is 3.76. The van der Waals surface area contributed by atoms with Crippen molar-refractivity contribution < 1.29 is 14.3 Å². The number of rotatable bonds is 9. The minimum absolute atomic E-state index is 0.0438. The fraction of sp³-hybridized carbons (Fsp3) is 0.350. The molecule has 1 unspecified atom stereocenters. The second-order valence-corrected chi connectivity index (χ2v) is 5.85. The van der Waals surface area contributed by atoms with Gasteiger partial charge in [-0.1, -0.05) is 54.1 Å². The maximum atomic E-state index is 13.0. The molecule has 0 bridgehead atoms. The number of benzene rings is 2. The van der Waals surface area contributed by atoms with Crippen LogP contribution in [0, 0.1) is 0 Å². The van der Waals surface area contributed by atoms with E-state index in [1.54, 1.807) is 6.07 Å². The van der Waals surface area contributed by atoms with Crippen LogP contribution in [0.4, 0.5) is 0 Å². The zero-order valence-corrected chi connectivity index (χ0v) is 14.8. The number of ether oxygens (including phenoxy) is 2. The fourth-order valence-corrected chi connectivity index (χ4v) is 2.87. The molecule has 0 fully saturated rings. The largest absolute Gasteiger partial charge is 0.353 e. The predicted molar refractivity (Wildman–Crippen MR) is 96.6 cm³/mol. The van der Waals surface area contributed by atoms with Gasteiger partial charge in [0.2, 0.25) is 0 Å². The van der Waals surface area contributed by atoms with Crippen molar-refractivity contribution in [2.24, 2.45) is 0 Å². The van der Waals surface area contributed by atoms with Gasteiger partial charge in [-0.15, -0.1) is 0 Å². The third-order valence-corrected chi connectivity index (χ3v) is 3.99. The highest BCUT2D eigenvalue weighted by molar-refractivity contribution is 6.30. The highest BCUT2D eigenvalue weighted by atomic mass is 35.5. The lowest BCUT2D eigenvalue weighted by atomic mass is 9.88. The fourth-order valence-electron chi connectivity index (χ4n) is 2.67. The molecular weight excluding hydrogens is 324 g/mol. The third kappa shape index (κ3) is 5.17. The van der Waals surface area contributed by atoms with Crippen molar-refractivity contribution in [3.8, 4) is 0 Å². The summed E-state index contributed by atoms with van der Waals surface area (Å²) >= 11 is 6.12. The number of halogens is 1. The molecular formula is C20H23ClO3. The molecule has 2 aromatic carbocycles. The molecule has 24 heavy (non-hydrogen) atoms. The molecule has 0 saturated carbocycles. The lowest BCUT2D eigenvalue weighted by molar-refractivity contribution is -0.140. The smallest absolute Gasteiger partial charge is 0.170 e. The number of carbonyl (C=O) groups is 1. The molecule has 1 atom stereocenters. The van der Waals surface area contributed by atoms with Gasteiger partial charge in [0.15, 0.2) is 12.1 Å². The molecule has 0 aliphatic rings. The van der Waals surface area contributed by atoms with Gasteiger partial charge >= 0.3 is 0 Å². The second-order valence-electron chi connectivity index (χ2n) is 5.41. The minimum atomic E-state index is -0.420. The van der Waals surface area contributed by atoms with Crippen molar-refractivity contribution in [1.82, 2.24) is 0 Å². The van der Waals surface area contributed by atoms with Gasteiger partial charge in [-0.25, -0.2) is 0 Å². The van der Waals surface area contributed by atoms with Crippen LogP contribution < -0.4 is 0 Å². The van der Waals surface area contributed by atoms with Crippen LogP contribution in [0.1, 0.15) is 42.1 Å². The molecule has 2 rings (SSSR count). The van der Waals surface area contributed by atoms with Gasteiger partial charge in [0.25, 0.3) is 0 Å². The number of hydrogen-bond acceptors (Lipinski definition) is 3. The van der Waals surface area contributed by atoms with E-state index < -0.39 is 6.29 Å². The van der Waals surface area contributed by atoms with E-state index in [9.17, 15) is 4.79 Å². The zero-order chi connectivity index (χ0) is 17.4. The summed E-state index contributed by atoms with van der Waals surface area (Å²) in [5.74, 6) is -0.323. The normalized spacial score (nSPS) is 12.3. The van der Waals surface area contributed by atoms with E-state index in [0.717, 1.165) is 5.56 Å². The van der Waals surface area contributed by atoms with Crippen LogP contribution in [-0.4, -0.2) is 25.3 Å². The maximum Gasteiger partial charge on any atom is 0.170 e. The number of ketones is 1. The summed E-state index contributed by atoms with van der Waals surface area (Å²) in [5, 5.41) is 0.614. The molecule has 0 amide bonds. The van der Waals surface area contributed by atoms with Gasteiger partial charge in [-0.3, -0.25) is 4.79 Å². The van der Waals surface area contributed by atoms with Crippen LogP contribution >= 0.6 is 11.6 Å². The standard InChI is InChI=1S/C20H23ClO3/c1-3-23-19(24-4-2)14-18(16-11-8-12-17(21)13-16)20(22)15-9-6-5-7-10-15/h5-13,18-19H,3-4,14H2,1-2H3. The molecule has 0 aromatic heterocycles. The summed E-state index contributed by atoms with van der Waals surface area (Å²) in [6, 6.07) is 16.7. The highest BCUT2D eigenvalue weighted by Crippen LogP contribution is 2.29. The Morgan fingerprint density at radius 2 is 1.67 bits per heavy atom. The summed E-state index contributed by atoms with van der Waals surface area (Å²) < 4.78 is 11.3. The van der Waals surface area contributed by atoms with Crippen molar-refractivity contribution >= 4 is 17.4 Å². The van der Waals surface area contributed by atoms with Gasteiger partial charge in [0.1, 0.15) is 0 Å². The van der Waals surface area contributed by atoms with Gasteiger partial charge in [-0.05, 0) is 31.5 Å². The van der Waals surface area contributed by atoms with Crippen LogP contribution in [0.3, 0.4) is 0 Å². The second kappa shape index (κ2) is 9.58. The van der Waals surface area contributed by atoms with Crippen LogP contribution in [0.2, 0.25) is 5.02 Å². The molecule has 0 saturated heterocycles. The molecule has 0 N–H and O–H groups in total. The Labute approximate surface area is 148 Å². The summed E-state index contributed by atoms with van der Waals surface area (Å²) in [6.07, 6.45) is 0.0343. The first-order chi connectivity index (χ1) is 11.7. The summed E-state index contributed by atoms with van der Waals surface area (Å²) in [5.41, 5.74) is 1.55. The number of Topliss-reactive ketones (excluding diaryl/α,β-unsaturated/α-hetero) is 1. The topological polar surface area (TPSA) is 35.5 Å². The lowest BCUT2D eigenvalue weighted by Gasteiger charge is -2.23. The molecule has 0 radical (unpaired) electrons. The van der Waals surface area contributed by atoms with Crippen LogP contribution in [-0.2, 0) is 9.47 Å². The summed E-state index contributed by atoms with van der Waals surface area (Å²) in [7, 11) is 0. The van der Waals surface area contributed by atoms with Crippen molar-refractivity contribution in [3.05, 3.63) is 70.7 Å². The first kappa shape index (κ1) is 18.7. The van der Waals surface area contributed by atoms with Gasteiger partial charge in [-0.2, -0.15) is 0 Å². The number of carbonyl (C=O) groups excluding carboxylic acids is 1. The van der Waals surface area contributed by atoms with Gasteiger partial charge < -0.3 is 9.47 Å². The van der Waals surface area contributed by atoms with Crippen molar-refractivity contribution in [2.75, 3.05) is 13.2 Å². The van der Waals surface area contributed by atoms with E-state index >= 15 is 0 Å². The van der Waals surface area contributed by atoms with E-state index in [-0.39, 0.29) is 11.7 Å². The van der Waals surface area contributed by atoms with E-state index in [2.05, 4.69) is 0 Å². The van der Waals surface area contributed by atoms with Gasteiger partial charge in [0.05, 0.1) is 5.92 Å². The van der Waals surface area contributed by atoms with Crippen LogP contribution in [0.15, 0.2) is 54.6 Å². The molecule has 4 heteroatoms. The molecule has 128 valence electrons. The first-order valence-corrected chi connectivity index (χ1v) is 8.61. The zero-order valence-electron chi connectivity index (χ0n) is 14.1. The molecule has 2 aromatic rings. The Hall–Kier alpha value is -1.68. The van der Waals surface area contributed by atoms with Crippen LogP contribution in [0.25, 0.3) is 0 Å². The molecule has 3 nitrogen and oxygen atoms in total. The Morgan fingerprint density at radius 1 is 1.00 bits per heavy atom. The van der Waals surface area contributed by atoms with Crippen molar-refractivity contribution in [2.45, 2.75) is 32.5 Å². The summed E-state index contributed by atoms with van der Waals surface area (Å²) in [4.78, 5) is 13.0. The Kier molecular flexibility index (Phi) is 7.44. The van der Waals surface area contributed by atoms with E-state index in [1.165, 1.54) is 0 Å². The van der Waals surface area contributed by atoms with Crippen molar-refractivity contribution in [1.29, 1.82) is 0 Å². The Bertz CT molecular complexity index is 636. The average Bonchev–Trinajstić information content (AvgIpc) is 2.60. The molecule has 0 aliphatic carbocycles. The molecule has 0 spiro atoms. The predicted octanol–water partition coefficient (Wildman–Crippen LogP) is 5.10. The van der Waals surface area contributed by atoms with Crippen molar-refractivity contribution in [3.63, 3.8) is 0 Å². The van der Waals surface area contributed by atoms with E-state index in [4.69, 9.17) is 21.1 Å². The Morgan fingerprint density at radius 3 is 2.25 bits per heavy atom. The monoisotopic (exact) mass is 346 g/mol. The first-order valence-electron chi connectivity index (χ1n) is 8.23. The Balaban J connectivity index is 2.32. The highest BCUT2D eigenvalue weighted by Gasteiger charge is 2.26. The average molecular weight is 347 g/mol. The van der Waals surface area contributed by atoms with E-state index in [1.807, 2.05) is 62.4 Å². The SMILES string of the molecule is CCOC(CC(C(=O)c1ccccc1)c1cccc(Cl)c1)OCC. The minimum Gasteiger partial charge on any atom is -0.353 e. The molecule has 0 heterocycles. The lowest BCUT2D eigenvalue weighted by Crippen LogP contribution is -2.24. The quantitative estimate of drug-likeness (QED) is 0.468. The van der Waals surface area contributed by atoms with Crippen LogP contribution in [0.5, 0.6) is 0 Å². The van der Waals surface area contributed by atoms with E-state index in [0.29, 0.717) is 30.2 Å². The number of hydrogen-bond donors (Lipinski definition) is 0.